The lowest BCUT2D eigenvalue weighted by Gasteiger charge is -2.33. The number of carbonyl (C=O) groups is 1. The maximum Gasteiger partial charge on any atom is 0.223 e. The Balaban J connectivity index is 1.49. The molecule has 4 nitrogen and oxygen atoms in total. The van der Waals surface area contributed by atoms with Gasteiger partial charge in [-0.25, -0.2) is 0 Å². The van der Waals surface area contributed by atoms with Gasteiger partial charge in [-0.15, -0.1) is 0 Å². The molecule has 1 N–H and O–H groups in total. The summed E-state index contributed by atoms with van der Waals surface area (Å²) in [7, 11) is 4.16. The van der Waals surface area contributed by atoms with E-state index in [0.717, 1.165) is 45.6 Å². The van der Waals surface area contributed by atoms with E-state index in [1.165, 1.54) is 16.3 Å². The lowest BCUT2D eigenvalue weighted by molar-refractivity contribution is -0.127. The van der Waals surface area contributed by atoms with Gasteiger partial charge in [-0.3, -0.25) is 9.69 Å². The molecule has 1 saturated heterocycles. The zero-order valence-electron chi connectivity index (χ0n) is 17.9. The SMILES string of the molecule is CN(C)CC(C)(C)CNC(=O)C1CCN(Cc2cccc3ccccc23)CC1. The van der Waals surface area contributed by atoms with E-state index in [2.05, 4.69) is 85.5 Å². The summed E-state index contributed by atoms with van der Waals surface area (Å²) in [4.78, 5) is 17.3. The molecule has 1 fully saturated rings. The number of likely N-dealkylation sites (tertiary alicyclic amines) is 1. The molecule has 2 aromatic carbocycles. The Morgan fingerprint density at radius 3 is 2.50 bits per heavy atom. The van der Waals surface area contributed by atoms with Gasteiger partial charge in [0.25, 0.3) is 0 Å². The van der Waals surface area contributed by atoms with Crippen molar-refractivity contribution >= 4 is 16.7 Å². The summed E-state index contributed by atoms with van der Waals surface area (Å²) < 4.78 is 0. The van der Waals surface area contributed by atoms with Crippen LogP contribution in [0, 0.1) is 11.3 Å². The molecule has 1 aliphatic rings. The fourth-order valence-electron chi connectivity index (χ4n) is 4.41. The minimum absolute atomic E-state index is 0.0915. The summed E-state index contributed by atoms with van der Waals surface area (Å²) >= 11 is 0. The number of benzene rings is 2. The molecule has 0 spiro atoms. The number of nitrogens with zero attached hydrogens (tertiary/aromatic N) is 2. The van der Waals surface area contributed by atoms with E-state index in [4.69, 9.17) is 0 Å². The van der Waals surface area contributed by atoms with Crippen LogP contribution in [0.5, 0.6) is 0 Å². The maximum absolute atomic E-state index is 12.6. The minimum Gasteiger partial charge on any atom is -0.355 e. The van der Waals surface area contributed by atoms with Gasteiger partial charge < -0.3 is 10.2 Å². The maximum atomic E-state index is 12.6. The number of amides is 1. The second-order valence-corrected chi connectivity index (χ2v) is 9.31. The first kappa shape index (κ1) is 20.8. The fourth-order valence-corrected chi connectivity index (χ4v) is 4.41. The first-order valence-electron chi connectivity index (χ1n) is 10.5. The van der Waals surface area contributed by atoms with E-state index in [9.17, 15) is 4.79 Å². The van der Waals surface area contributed by atoms with Crippen molar-refractivity contribution in [3.8, 4) is 0 Å². The highest BCUT2D eigenvalue weighted by atomic mass is 16.1. The molecule has 0 atom stereocenters. The molecule has 0 aliphatic carbocycles. The number of fused-ring (bicyclic) bond motifs is 1. The van der Waals surface area contributed by atoms with E-state index in [-0.39, 0.29) is 17.2 Å². The van der Waals surface area contributed by atoms with E-state index in [1.807, 2.05) is 0 Å². The van der Waals surface area contributed by atoms with Crippen LogP contribution in [-0.2, 0) is 11.3 Å². The largest absolute Gasteiger partial charge is 0.355 e. The average molecular weight is 382 g/mol. The second kappa shape index (κ2) is 9.06. The van der Waals surface area contributed by atoms with Crippen molar-refractivity contribution in [3.05, 3.63) is 48.0 Å². The first-order valence-corrected chi connectivity index (χ1v) is 10.5. The Labute approximate surface area is 169 Å². The predicted molar refractivity (Wildman–Crippen MR) is 117 cm³/mol. The van der Waals surface area contributed by atoms with Crippen LogP contribution in [0.3, 0.4) is 0 Å². The number of nitrogens with one attached hydrogen (secondary N) is 1. The summed E-state index contributed by atoms with van der Waals surface area (Å²) in [5.41, 5.74) is 1.47. The Hall–Kier alpha value is -1.91. The Morgan fingerprint density at radius 1 is 1.11 bits per heavy atom. The molecular formula is C24H35N3O. The van der Waals surface area contributed by atoms with Crippen LogP contribution < -0.4 is 5.32 Å². The van der Waals surface area contributed by atoms with E-state index in [0.29, 0.717) is 0 Å². The van der Waals surface area contributed by atoms with Crippen LogP contribution in [0.4, 0.5) is 0 Å². The van der Waals surface area contributed by atoms with Gasteiger partial charge in [0.05, 0.1) is 0 Å². The highest BCUT2D eigenvalue weighted by Gasteiger charge is 2.27. The summed E-state index contributed by atoms with van der Waals surface area (Å²) in [6.45, 7) is 9.06. The third-order valence-corrected chi connectivity index (χ3v) is 5.72. The van der Waals surface area contributed by atoms with Crippen LogP contribution in [0.2, 0.25) is 0 Å². The Bertz CT molecular complexity index is 786. The number of hydrogen-bond donors (Lipinski definition) is 1. The monoisotopic (exact) mass is 381 g/mol. The lowest BCUT2D eigenvalue weighted by atomic mass is 9.91. The van der Waals surface area contributed by atoms with Crippen molar-refractivity contribution in [2.24, 2.45) is 11.3 Å². The number of hydrogen-bond acceptors (Lipinski definition) is 3. The first-order chi connectivity index (χ1) is 13.3. The summed E-state index contributed by atoms with van der Waals surface area (Å²) in [5.74, 6) is 0.385. The van der Waals surface area contributed by atoms with Gasteiger partial charge in [0, 0.05) is 25.6 Å². The van der Waals surface area contributed by atoms with Gasteiger partial charge >= 0.3 is 0 Å². The topological polar surface area (TPSA) is 35.6 Å². The molecule has 3 rings (SSSR count). The molecule has 0 radical (unpaired) electrons. The van der Waals surface area contributed by atoms with Crippen LogP contribution in [0.25, 0.3) is 10.8 Å². The Kier molecular flexibility index (Phi) is 6.73. The molecule has 0 aromatic heterocycles. The molecule has 0 unspecified atom stereocenters. The quantitative estimate of drug-likeness (QED) is 0.793. The summed E-state index contributed by atoms with van der Waals surface area (Å²) in [5, 5.41) is 5.84. The van der Waals surface area contributed by atoms with Crippen LogP contribution in [0.15, 0.2) is 42.5 Å². The van der Waals surface area contributed by atoms with Crippen LogP contribution in [0.1, 0.15) is 32.3 Å². The van der Waals surface area contributed by atoms with Gasteiger partial charge in [-0.1, -0.05) is 56.3 Å². The molecule has 152 valence electrons. The standard InChI is InChI=1S/C24H35N3O/c1-24(2,18-26(3)4)17-25-23(28)20-12-14-27(15-13-20)16-21-10-7-9-19-8-5-6-11-22(19)21/h5-11,20H,12-18H2,1-4H3,(H,25,28). The van der Waals surface area contributed by atoms with Crippen molar-refractivity contribution in [2.45, 2.75) is 33.2 Å². The molecule has 2 aromatic rings. The van der Waals surface area contributed by atoms with Gasteiger partial charge in [0.15, 0.2) is 0 Å². The smallest absolute Gasteiger partial charge is 0.223 e. The highest BCUT2D eigenvalue weighted by Crippen LogP contribution is 2.24. The number of rotatable bonds is 7. The van der Waals surface area contributed by atoms with Crippen LogP contribution in [-0.4, -0.2) is 56.0 Å². The highest BCUT2D eigenvalue weighted by molar-refractivity contribution is 5.85. The van der Waals surface area contributed by atoms with Crippen molar-refractivity contribution in [2.75, 3.05) is 40.3 Å². The lowest BCUT2D eigenvalue weighted by Crippen LogP contribution is -2.44. The Morgan fingerprint density at radius 2 is 1.79 bits per heavy atom. The van der Waals surface area contributed by atoms with Gasteiger partial charge in [-0.05, 0) is 61.8 Å². The minimum atomic E-state index is 0.0915. The molecule has 0 saturated carbocycles. The molecule has 1 heterocycles. The van der Waals surface area contributed by atoms with E-state index < -0.39 is 0 Å². The van der Waals surface area contributed by atoms with Crippen molar-refractivity contribution in [3.63, 3.8) is 0 Å². The molecular weight excluding hydrogens is 346 g/mol. The van der Waals surface area contributed by atoms with Crippen molar-refractivity contribution in [1.82, 2.24) is 15.1 Å². The van der Waals surface area contributed by atoms with Gasteiger partial charge in [-0.2, -0.15) is 0 Å². The predicted octanol–water partition coefficient (Wildman–Crippen LogP) is 3.76. The molecule has 0 bridgehead atoms. The second-order valence-electron chi connectivity index (χ2n) is 9.31. The van der Waals surface area contributed by atoms with Crippen LogP contribution >= 0.6 is 0 Å². The van der Waals surface area contributed by atoms with Gasteiger partial charge in [0.1, 0.15) is 0 Å². The van der Waals surface area contributed by atoms with Gasteiger partial charge in [0.2, 0.25) is 5.91 Å². The molecule has 4 heteroatoms. The number of piperidine rings is 1. The third kappa shape index (κ3) is 5.55. The number of carbonyl (C=O) groups excluding carboxylic acids is 1. The average Bonchev–Trinajstić information content (AvgIpc) is 2.66. The zero-order valence-corrected chi connectivity index (χ0v) is 17.9. The summed E-state index contributed by atoms with van der Waals surface area (Å²) in [6.07, 6.45) is 1.90. The third-order valence-electron chi connectivity index (χ3n) is 5.72. The van der Waals surface area contributed by atoms with Crippen molar-refractivity contribution in [1.29, 1.82) is 0 Å². The normalized spacial score (nSPS) is 16.6. The molecule has 28 heavy (non-hydrogen) atoms. The zero-order chi connectivity index (χ0) is 20.1. The van der Waals surface area contributed by atoms with Crippen molar-refractivity contribution < 1.29 is 4.79 Å². The molecule has 1 aliphatic heterocycles. The van der Waals surface area contributed by atoms with E-state index >= 15 is 0 Å². The molecule has 1 amide bonds. The van der Waals surface area contributed by atoms with E-state index in [1.54, 1.807) is 0 Å². The summed E-state index contributed by atoms with van der Waals surface area (Å²) in [6, 6.07) is 15.1. The fraction of sp³-hybridized carbons (Fsp3) is 0.542.